The first kappa shape index (κ1) is 17.4. The van der Waals surface area contributed by atoms with Gasteiger partial charge in [0.15, 0.2) is 17.2 Å². The summed E-state index contributed by atoms with van der Waals surface area (Å²) >= 11 is 0. The van der Waals surface area contributed by atoms with E-state index in [0.717, 1.165) is 5.56 Å². The Kier molecular flexibility index (Phi) is 4.78. The minimum absolute atomic E-state index is 0.0428. The highest BCUT2D eigenvalue weighted by atomic mass is 16.7. The number of rotatable bonds is 6. The number of carboxylic acids is 1. The third kappa shape index (κ3) is 3.83. The summed E-state index contributed by atoms with van der Waals surface area (Å²) in [7, 11) is 0. The number of hydrogen-bond acceptors (Lipinski definition) is 6. The highest BCUT2D eigenvalue weighted by molar-refractivity contribution is 5.89. The summed E-state index contributed by atoms with van der Waals surface area (Å²) in [4.78, 5) is 11.2. The predicted molar refractivity (Wildman–Crippen MR) is 88.7 cm³/mol. The van der Waals surface area contributed by atoms with Gasteiger partial charge in [-0.3, -0.25) is 0 Å². The van der Waals surface area contributed by atoms with Crippen LogP contribution in [0.15, 0.2) is 28.8 Å². The minimum atomic E-state index is -1.09. The summed E-state index contributed by atoms with van der Waals surface area (Å²) in [6.07, 6.45) is 0.418. The molecule has 1 saturated heterocycles. The molecule has 0 radical (unpaired) electrons. The van der Waals surface area contributed by atoms with Gasteiger partial charge in [0.2, 0.25) is 0 Å². The van der Waals surface area contributed by atoms with Gasteiger partial charge in [0.25, 0.3) is 0 Å². The zero-order chi connectivity index (χ0) is 18.0. The first-order chi connectivity index (χ1) is 11.9. The molecule has 0 aliphatic carbocycles. The lowest BCUT2D eigenvalue weighted by Crippen LogP contribution is -2.25. The summed E-state index contributed by atoms with van der Waals surface area (Å²) in [5, 5.41) is 12.8. The van der Waals surface area contributed by atoms with Crippen LogP contribution in [0, 0.1) is 0 Å². The normalized spacial score (nSPS) is 19.1. The van der Waals surface area contributed by atoms with Gasteiger partial charge >= 0.3 is 5.97 Å². The molecule has 0 amide bonds. The number of carbonyl (C=O) groups is 1. The molecule has 1 aromatic carbocycles. The van der Waals surface area contributed by atoms with Crippen LogP contribution in [0.4, 0.5) is 0 Å². The highest BCUT2D eigenvalue weighted by Crippen LogP contribution is 2.29. The number of ether oxygens (including phenoxy) is 3. The van der Waals surface area contributed by atoms with Crippen molar-refractivity contribution in [3.63, 3.8) is 0 Å². The minimum Gasteiger partial charge on any atom is -0.491 e. The Labute approximate surface area is 145 Å². The van der Waals surface area contributed by atoms with Crippen molar-refractivity contribution in [2.45, 2.75) is 39.1 Å². The van der Waals surface area contributed by atoms with Crippen molar-refractivity contribution in [1.82, 2.24) is 5.16 Å². The topological polar surface area (TPSA) is 91.0 Å². The van der Waals surface area contributed by atoms with E-state index in [0.29, 0.717) is 36.7 Å². The highest BCUT2D eigenvalue weighted by Gasteiger charge is 2.33. The second kappa shape index (κ2) is 6.85. The number of nitrogens with zero attached hydrogens (tertiary/aromatic N) is 1. The van der Waals surface area contributed by atoms with Crippen molar-refractivity contribution in [3.05, 3.63) is 35.5 Å². The average Bonchev–Trinajstić information content (AvgIpc) is 3.16. The van der Waals surface area contributed by atoms with E-state index in [1.807, 2.05) is 32.9 Å². The zero-order valence-corrected chi connectivity index (χ0v) is 14.4. The van der Waals surface area contributed by atoms with Gasteiger partial charge in [-0.25, -0.2) is 4.79 Å². The Hall–Kier alpha value is -2.38. The van der Waals surface area contributed by atoms with Crippen molar-refractivity contribution >= 4 is 5.97 Å². The molecule has 1 atom stereocenters. The fourth-order valence-corrected chi connectivity index (χ4v) is 2.77. The lowest BCUT2D eigenvalue weighted by molar-refractivity contribution is -0.141. The van der Waals surface area contributed by atoms with Crippen molar-refractivity contribution in [3.8, 4) is 17.1 Å². The lowest BCUT2D eigenvalue weighted by atomic mass is 10.0. The van der Waals surface area contributed by atoms with Gasteiger partial charge in [0.05, 0.1) is 6.61 Å². The number of hydrogen-bond donors (Lipinski definition) is 1. The zero-order valence-electron chi connectivity index (χ0n) is 14.4. The van der Waals surface area contributed by atoms with Gasteiger partial charge < -0.3 is 23.8 Å². The van der Waals surface area contributed by atoms with E-state index in [1.54, 1.807) is 12.1 Å². The van der Waals surface area contributed by atoms with Crippen LogP contribution in [0.2, 0.25) is 0 Å². The molecular weight excluding hydrogens is 326 g/mol. The van der Waals surface area contributed by atoms with E-state index >= 15 is 0 Å². The maximum absolute atomic E-state index is 11.2. The second-order valence-electron chi connectivity index (χ2n) is 6.28. The van der Waals surface area contributed by atoms with E-state index in [-0.39, 0.29) is 11.8 Å². The Morgan fingerprint density at radius 3 is 2.64 bits per heavy atom. The molecule has 0 spiro atoms. The van der Waals surface area contributed by atoms with Gasteiger partial charge in [-0.15, -0.1) is 0 Å². The van der Waals surface area contributed by atoms with Crippen molar-refractivity contribution in [2.24, 2.45) is 0 Å². The fraction of sp³-hybridized carbons (Fsp3) is 0.444. The van der Waals surface area contributed by atoms with E-state index in [2.05, 4.69) is 5.16 Å². The molecule has 0 unspecified atom stereocenters. The summed E-state index contributed by atoms with van der Waals surface area (Å²) in [5.74, 6) is -0.495. The van der Waals surface area contributed by atoms with Crippen LogP contribution < -0.4 is 4.74 Å². The number of carboxylic acid groups (broad SMARTS) is 1. The molecule has 2 aromatic rings. The molecule has 1 aliphatic rings. The molecular formula is C18H21NO6. The van der Waals surface area contributed by atoms with E-state index in [9.17, 15) is 4.79 Å². The largest absolute Gasteiger partial charge is 0.491 e. The molecule has 2 heterocycles. The average molecular weight is 347 g/mol. The Morgan fingerprint density at radius 2 is 2.08 bits per heavy atom. The summed E-state index contributed by atoms with van der Waals surface area (Å²) in [6.45, 7) is 6.51. The summed E-state index contributed by atoms with van der Waals surface area (Å²) in [5.41, 5.74) is 1.30. The standard InChI is InChI=1S/C18H21NO6/c1-4-14-15(17(20)21)19-25-16(14)11-5-7-12(8-6-11)22-9-13-10-23-18(2,3)24-13/h5-8,13H,4,9-10H2,1-3H3,(H,20,21)/t13-/m0/s1. The maximum atomic E-state index is 11.2. The van der Waals surface area contributed by atoms with E-state index < -0.39 is 11.8 Å². The van der Waals surface area contributed by atoms with Crippen LogP contribution in [0.3, 0.4) is 0 Å². The van der Waals surface area contributed by atoms with Gasteiger partial charge in [-0.05, 0) is 44.5 Å². The van der Waals surface area contributed by atoms with Crippen molar-refractivity contribution in [1.29, 1.82) is 0 Å². The molecule has 7 nitrogen and oxygen atoms in total. The first-order valence-electron chi connectivity index (χ1n) is 8.16. The molecule has 25 heavy (non-hydrogen) atoms. The summed E-state index contributed by atoms with van der Waals surface area (Å²) < 4.78 is 22.1. The third-order valence-corrected chi connectivity index (χ3v) is 3.96. The predicted octanol–water partition coefficient (Wildman–Crippen LogP) is 3.13. The van der Waals surface area contributed by atoms with Crippen LogP contribution in [0.1, 0.15) is 36.8 Å². The second-order valence-corrected chi connectivity index (χ2v) is 6.28. The van der Waals surface area contributed by atoms with Gasteiger partial charge in [0, 0.05) is 11.1 Å². The molecule has 0 saturated carbocycles. The Morgan fingerprint density at radius 1 is 1.36 bits per heavy atom. The third-order valence-electron chi connectivity index (χ3n) is 3.96. The fourth-order valence-electron chi connectivity index (χ4n) is 2.77. The summed E-state index contributed by atoms with van der Waals surface area (Å²) in [6, 6.07) is 7.24. The molecule has 3 rings (SSSR count). The number of aromatic carboxylic acids is 1. The van der Waals surface area contributed by atoms with Gasteiger partial charge in [0.1, 0.15) is 18.5 Å². The van der Waals surface area contributed by atoms with Crippen LogP contribution in [0.5, 0.6) is 5.75 Å². The Bertz CT molecular complexity index is 749. The quantitative estimate of drug-likeness (QED) is 0.858. The number of benzene rings is 1. The molecule has 134 valence electrons. The molecule has 0 bridgehead atoms. The maximum Gasteiger partial charge on any atom is 0.358 e. The molecule has 1 fully saturated rings. The SMILES string of the molecule is CCc1c(C(=O)O)noc1-c1ccc(OC[C@H]2COC(C)(C)O2)cc1. The molecule has 1 aliphatic heterocycles. The van der Waals surface area contributed by atoms with Crippen LogP contribution in [0.25, 0.3) is 11.3 Å². The van der Waals surface area contributed by atoms with E-state index in [4.69, 9.17) is 23.8 Å². The number of aromatic nitrogens is 1. The molecule has 7 heteroatoms. The van der Waals surface area contributed by atoms with Crippen molar-refractivity contribution < 1.29 is 28.6 Å². The Balaban J connectivity index is 1.68. The molecule has 1 N–H and O–H groups in total. The monoisotopic (exact) mass is 347 g/mol. The van der Waals surface area contributed by atoms with Crippen LogP contribution >= 0.6 is 0 Å². The lowest BCUT2D eigenvalue weighted by Gasteiger charge is -2.17. The van der Waals surface area contributed by atoms with Crippen molar-refractivity contribution in [2.75, 3.05) is 13.2 Å². The van der Waals surface area contributed by atoms with Gasteiger partial charge in [-0.1, -0.05) is 12.1 Å². The van der Waals surface area contributed by atoms with E-state index in [1.165, 1.54) is 0 Å². The molecule has 1 aromatic heterocycles. The van der Waals surface area contributed by atoms with Crippen LogP contribution in [-0.2, 0) is 15.9 Å². The first-order valence-corrected chi connectivity index (χ1v) is 8.16. The smallest absolute Gasteiger partial charge is 0.358 e. The van der Waals surface area contributed by atoms with Gasteiger partial charge in [-0.2, -0.15) is 0 Å². The van der Waals surface area contributed by atoms with Crippen LogP contribution in [-0.4, -0.2) is 41.3 Å².